The van der Waals surface area contributed by atoms with Crippen molar-refractivity contribution in [1.82, 2.24) is 14.7 Å². The second-order valence-electron chi connectivity index (χ2n) is 4.79. The summed E-state index contributed by atoms with van der Waals surface area (Å²) in [4.78, 5) is 1.95. The summed E-state index contributed by atoms with van der Waals surface area (Å²) < 4.78 is 1.85. The van der Waals surface area contributed by atoms with Crippen LogP contribution in [-0.2, 0) is 13.6 Å². The van der Waals surface area contributed by atoms with Gasteiger partial charge in [-0.1, -0.05) is 23.2 Å². The number of anilines is 1. The molecule has 4 nitrogen and oxygen atoms in total. The summed E-state index contributed by atoms with van der Waals surface area (Å²) in [7, 11) is 3.85. The fraction of sp³-hybridized carbons (Fsp3) is 0.286. The van der Waals surface area contributed by atoms with Gasteiger partial charge in [0.1, 0.15) is 0 Å². The van der Waals surface area contributed by atoms with E-state index in [1.165, 1.54) is 0 Å². The van der Waals surface area contributed by atoms with Crippen LogP contribution in [0.1, 0.15) is 11.3 Å². The van der Waals surface area contributed by atoms with Crippen molar-refractivity contribution in [3.05, 3.63) is 45.7 Å². The molecule has 0 fully saturated rings. The first-order chi connectivity index (χ1) is 9.88. The summed E-state index contributed by atoms with van der Waals surface area (Å²) in [6.45, 7) is 2.72. The normalized spacial score (nSPS) is 10.5. The van der Waals surface area contributed by atoms with Gasteiger partial charge in [-0.15, -0.1) is 0 Å². The van der Waals surface area contributed by atoms with Crippen LogP contribution in [0.25, 0.3) is 0 Å². The predicted molar refractivity (Wildman–Crippen MR) is 92.1 cm³/mol. The van der Waals surface area contributed by atoms with E-state index in [1.807, 2.05) is 42.9 Å². The summed E-state index contributed by atoms with van der Waals surface area (Å²) >= 11 is 17.3. The van der Waals surface area contributed by atoms with E-state index in [9.17, 15) is 0 Å². The van der Waals surface area contributed by atoms with Crippen molar-refractivity contribution < 1.29 is 0 Å². The number of hydrogen-bond acceptors (Lipinski definition) is 2. The van der Waals surface area contributed by atoms with Gasteiger partial charge in [0.25, 0.3) is 0 Å². The van der Waals surface area contributed by atoms with Crippen LogP contribution in [0.15, 0.2) is 24.4 Å². The third kappa shape index (κ3) is 3.87. The van der Waals surface area contributed by atoms with E-state index < -0.39 is 0 Å². The van der Waals surface area contributed by atoms with E-state index in [4.69, 9.17) is 35.4 Å². The molecular formula is C14H16Cl2N4S. The Kier molecular flexibility index (Phi) is 5.08. The topological polar surface area (TPSA) is 33.1 Å². The highest BCUT2D eigenvalue weighted by atomic mass is 35.5. The minimum absolute atomic E-state index is 0.496. The average Bonchev–Trinajstić information content (AvgIpc) is 2.75. The van der Waals surface area contributed by atoms with Crippen LogP contribution >= 0.6 is 35.4 Å². The second-order valence-corrected chi connectivity index (χ2v) is 6.00. The van der Waals surface area contributed by atoms with Crippen molar-refractivity contribution in [2.24, 2.45) is 7.05 Å². The maximum absolute atomic E-state index is 5.99. The third-order valence-corrected chi connectivity index (χ3v) is 4.41. The number of aryl methyl sites for hydroxylation is 1. The minimum atomic E-state index is 0.496. The van der Waals surface area contributed by atoms with Crippen molar-refractivity contribution >= 4 is 46.2 Å². The SMILES string of the molecule is Cc1c(CN(C)C(=S)Nc2ccc(Cl)c(Cl)c2)cnn1C. The molecule has 0 aliphatic rings. The zero-order valence-electron chi connectivity index (χ0n) is 12.0. The molecule has 0 spiro atoms. The fourth-order valence-corrected chi connectivity index (χ4v) is 2.30. The van der Waals surface area contributed by atoms with E-state index in [-0.39, 0.29) is 0 Å². The van der Waals surface area contributed by atoms with Crippen LogP contribution in [0.3, 0.4) is 0 Å². The number of hydrogen-bond donors (Lipinski definition) is 1. The number of aromatic nitrogens is 2. The largest absolute Gasteiger partial charge is 0.348 e. The van der Waals surface area contributed by atoms with Gasteiger partial charge in [0.05, 0.1) is 16.2 Å². The average molecular weight is 343 g/mol. The summed E-state index contributed by atoms with van der Waals surface area (Å²) in [5.41, 5.74) is 3.07. The highest BCUT2D eigenvalue weighted by Crippen LogP contribution is 2.25. The number of nitrogens with zero attached hydrogens (tertiary/aromatic N) is 3. The smallest absolute Gasteiger partial charge is 0.173 e. The lowest BCUT2D eigenvalue weighted by Gasteiger charge is -2.21. The van der Waals surface area contributed by atoms with Gasteiger partial charge in [-0.2, -0.15) is 5.10 Å². The third-order valence-electron chi connectivity index (χ3n) is 3.26. The number of benzene rings is 1. The van der Waals surface area contributed by atoms with Crippen molar-refractivity contribution in [2.75, 3.05) is 12.4 Å². The highest BCUT2D eigenvalue weighted by Gasteiger charge is 2.10. The second kappa shape index (κ2) is 6.64. The first-order valence-corrected chi connectivity index (χ1v) is 7.49. The molecular weight excluding hydrogens is 327 g/mol. The molecule has 0 atom stereocenters. The Bertz CT molecular complexity index is 669. The lowest BCUT2D eigenvalue weighted by Crippen LogP contribution is -2.30. The molecule has 1 heterocycles. The van der Waals surface area contributed by atoms with Gasteiger partial charge in [-0.05, 0) is 37.3 Å². The van der Waals surface area contributed by atoms with E-state index >= 15 is 0 Å². The van der Waals surface area contributed by atoms with E-state index in [1.54, 1.807) is 12.1 Å². The number of halogens is 2. The van der Waals surface area contributed by atoms with Crippen LogP contribution < -0.4 is 5.32 Å². The molecule has 21 heavy (non-hydrogen) atoms. The standard InChI is InChI=1S/C14H16Cl2N4S/c1-9-10(7-17-20(9)3)8-19(2)14(21)18-11-4-5-12(15)13(16)6-11/h4-7H,8H2,1-3H3,(H,18,21). The van der Waals surface area contributed by atoms with Gasteiger partial charge in [-0.25, -0.2) is 0 Å². The van der Waals surface area contributed by atoms with Crippen molar-refractivity contribution in [3.63, 3.8) is 0 Å². The molecule has 1 aromatic heterocycles. The minimum Gasteiger partial charge on any atom is -0.348 e. The Morgan fingerprint density at radius 3 is 2.67 bits per heavy atom. The van der Waals surface area contributed by atoms with E-state index in [2.05, 4.69) is 10.4 Å². The van der Waals surface area contributed by atoms with E-state index in [0.717, 1.165) is 16.9 Å². The van der Waals surface area contributed by atoms with Crippen molar-refractivity contribution in [1.29, 1.82) is 0 Å². The molecule has 2 aromatic rings. The molecule has 2 rings (SSSR count). The van der Waals surface area contributed by atoms with E-state index in [0.29, 0.717) is 21.7 Å². The Labute approximate surface area is 139 Å². The lowest BCUT2D eigenvalue weighted by atomic mass is 10.2. The van der Waals surface area contributed by atoms with Gasteiger partial charge in [0, 0.05) is 37.6 Å². The Morgan fingerprint density at radius 1 is 1.38 bits per heavy atom. The molecule has 0 unspecified atom stereocenters. The Morgan fingerprint density at radius 2 is 2.10 bits per heavy atom. The number of nitrogens with one attached hydrogen (secondary N) is 1. The van der Waals surface area contributed by atoms with Crippen LogP contribution in [0.5, 0.6) is 0 Å². The van der Waals surface area contributed by atoms with Gasteiger partial charge in [0.2, 0.25) is 0 Å². The molecule has 0 saturated carbocycles. The van der Waals surface area contributed by atoms with Gasteiger partial charge >= 0.3 is 0 Å². The van der Waals surface area contributed by atoms with Crippen LogP contribution in [-0.4, -0.2) is 26.8 Å². The first-order valence-electron chi connectivity index (χ1n) is 6.33. The predicted octanol–water partition coefficient (Wildman–Crippen LogP) is 3.86. The van der Waals surface area contributed by atoms with Crippen LogP contribution in [0.4, 0.5) is 5.69 Å². The molecule has 0 aliphatic heterocycles. The number of thiocarbonyl (C=S) groups is 1. The van der Waals surface area contributed by atoms with Crippen LogP contribution in [0.2, 0.25) is 10.0 Å². The highest BCUT2D eigenvalue weighted by molar-refractivity contribution is 7.80. The monoisotopic (exact) mass is 342 g/mol. The van der Waals surface area contributed by atoms with Gasteiger partial charge < -0.3 is 10.2 Å². The van der Waals surface area contributed by atoms with Crippen LogP contribution in [0, 0.1) is 6.92 Å². The Hall–Kier alpha value is -1.30. The quantitative estimate of drug-likeness (QED) is 0.858. The summed E-state index contributed by atoms with van der Waals surface area (Å²) in [6.07, 6.45) is 1.85. The zero-order valence-corrected chi connectivity index (χ0v) is 14.4. The molecule has 7 heteroatoms. The van der Waals surface area contributed by atoms with Crippen molar-refractivity contribution in [2.45, 2.75) is 13.5 Å². The molecule has 0 bridgehead atoms. The molecule has 0 saturated heterocycles. The summed E-state index contributed by atoms with van der Waals surface area (Å²) in [5.74, 6) is 0. The zero-order chi connectivity index (χ0) is 15.6. The molecule has 1 aromatic carbocycles. The molecule has 0 radical (unpaired) electrons. The fourth-order valence-electron chi connectivity index (χ4n) is 1.82. The van der Waals surface area contributed by atoms with Gasteiger partial charge in [-0.3, -0.25) is 4.68 Å². The van der Waals surface area contributed by atoms with Gasteiger partial charge in [0.15, 0.2) is 5.11 Å². The molecule has 0 aliphatic carbocycles. The maximum Gasteiger partial charge on any atom is 0.173 e. The Balaban J connectivity index is 2.02. The summed E-state index contributed by atoms with van der Waals surface area (Å²) in [6, 6.07) is 5.32. The number of rotatable bonds is 3. The van der Waals surface area contributed by atoms with Crippen molar-refractivity contribution in [3.8, 4) is 0 Å². The first kappa shape index (κ1) is 16.1. The maximum atomic E-state index is 5.99. The molecule has 112 valence electrons. The molecule has 0 amide bonds. The molecule has 1 N–H and O–H groups in total. The summed E-state index contributed by atoms with van der Waals surface area (Å²) in [5, 5.41) is 9.00. The lowest BCUT2D eigenvalue weighted by molar-refractivity contribution is 0.506.